The molecule has 1 aliphatic carbocycles. The standard InChI is InChI=1S/C21H26BF3N2O2/c1-20(2,28-5)21(3,4)29-22-17-6-7-18(26)16(19(17)25)12-27-11-13-8-14(23)10-15(24)9-13/h6-10,12,22,26-27H,11H2,1-5H3/b16-12+,26-18?. The average molecular weight is 406 g/mol. The number of hydrogen-bond acceptors (Lipinski definition) is 4. The summed E-state index contributed by atoms with van der Waals surface area (Å²) in [6, 6.07) is 3.15. The van der Waals surface area contributed by atoms with Gasteiger partial charge in [0.05, 0.1) is 22.5 Å². The zero-order chi connectivity index (χ0) is 21.8. The van der Waals surface area contributed by atoms with E-state index in [1.807, 2.05) is 27.7 Å². The molecule has 0 atom stereocenters. The van der Waals surface area contributed by atoms with Gasteiger partial charge in [0.15, 0.2) is 0 Å². The average Bonchev–Trinajstić information content (AvgIpc) is 2.62. The van der Waals surface area contributed by atoms with E-state index in [1.54, 1.807) is 7.11 Å². The molecule has 0 heterocycles. The van der Waals surface area contributed by atoms with Crippen LogP contribution in [0.3, 0.4) is 0 Å². The fourth-order valence-corrected chi connectivity index (χ4v) is 2.55. The van der Waals surface area contributed by atoms with Gasteiger partial charge in [0.2, 0.25) is 0 Å². The molecule has 0 saturated carbocycles. The highest BCUT2D eigenvalue weighted by Gasteiger charge is 2.38. The van der Waals surface area contributed by atoms with E-state index in [-0.39, 0.29) is 25.3 Å². The van der Waals surface area contributed by atoms with E-state index < -0.39 is 28.7 Å². The van der Waals surface area contributed by atoms with Crippen LogP contribution in [0, 0.1) is 17.0 Å². The van der Waals surface area contributed by atoms with Crippen molar-refractivity contribution in [3.8, 4) is 0 Å². The van der Waals surface area contributed by atoms with Crippen molar-refractivity contribution in [1.29, 1.82) is 5.41 Å². The highest BCUT2D eigenvalue weighted by atomic mass is 19.1. The first-order valence-electron chi connectivity index (χ1n) is 9.20. The van der Waals surface area contributed by atoms with E-state index in [0.717, 1.165) is 6.07 Å². The first-order valence-corrected chi connectivity index (χ1v) is 9.20. The number of allylic oxidation sites excluding steroid dienone is 5. The van der Waals surface area contributed by atoms with Gasteiger partial charge in [-0.25, -0.2) is 13.2 Å². The van der Waals surface area contributed by atoms with Gasteiger partial charge in [-0.15, -0.1) is 0 Å². The third kappa shape index (κ3) is 5.61. The molecule has 0 bridgehead atoms. The van der Waals surface area contributed by atoms with Crippen LogP contribution in [0.5, 0.6) is 0 Å². The van der Waals surface area contributed by atoms with E-state index in [1.165, 1.54) is 30.5 Å². The lowest BCUT2D eigenvalue weighted by Gasteiger charge is -2.40. The Morgan fingerprint density at radius 1 is 1.03 bits per heavy atom. The molecule has 29 heavy (non-hydrogen) atoms. The third-order valence-electron chi connectivity index (χ3n) is 5.28. The molecule has 0 fully saturated rings. The summed E-state index contributed by atoms with van der Waals surface area (Å²) in [4.78, 5) is 0. The Morgan fingerprint density at radius 3 is 2.24 bits per heavy atom. The van der Waals surface area contributed by atoms with E-state index in [9.17, 15) is 13.2 Å². The van der Waals surface area contributed by atoms with Crippen LogP contribution in [0.4, 0.5) is 13.2 Å². The van der Waals surface area contributed by atoms with E-state index in [4.69, 9.17) is 14.8 Å². The number of methoxy groups -OCH3 is 1. The van der Waals surface area contributed by atoms with Crippen LogP contribution in [0.15, 0.2) is 53.4 Å². The van der Waals surface area contributed by atoms with Crippen molar-refractivity contribution in [2.24, 2.45) is 0 Å². The lowest BCUT2D eigenvalue weighted by molar-refractivity contribution is -0.114. The lowest BCUT2D eigenvalue weighted by Crippen LogP contribution is -2.49. The number of benzene rings is 1. The van der Waals surface area contributed by atoms with Gasteiger partial charge in [-0.05, 0) is 56.9 Å². The molecule has 8 heteroatoms. The Kier molecular flexibility index (Phi) is 7.13. The minimum Gasteiger partial charge on any atom is -0.427 e. The first-order chi connectivity index (χ1) is 13.5. The van der Waals surface area contributed by atoms with Gasteiger partial charge < -0.3 is 20.1 Å². The van der Waals surface area contributed by atoms with Crippen molar-refractivity contribution < 1.29 is 22.6 Å². The lowest BCUT2D eigenvalue weighted by atomic mass is 9.78. The summed E-state index contributed by atoms with van der Waals surface area (Å²) in [5.74, 6) is -1.95. The largest absolute Gasteiger partial charge is 0.427 e. The smallest absolute Gasteiger partial charge is 0.312 e. The molecule has 0 amide bonds. The summed E-state index contributed by atoms with van der Waals surface area (Å²) in [7, 11) is 1.59. The number of halogens is 3. The molecule has 1 aromatic carbocycles. The van der Waals surface area contributed by atoms with Crippen molar-refractivity contribution in [1.82, 2.24) is 5.32 Å². The van der Waals surface area contributed by atoms with Crippen molar-refractivity contribution in [2.75, 3.05) is 7.11 Å². The number of rotatable bonds is 8. The van der Waals surface area contributed by atoms with Gasteiger partial charge in [0.1, 0.15) is 17.5 Å². The van der Waals surface area contributed by atoms with Crippen LogP contribution < -0.4 is 5.32 Å². The quantitative estimate of drug-likeness (QED) is 0.634. The molecule has 4 nitrogen and oxygen atoms in total. The van der Waals surface area contributed by atoms with Crippen molar-refractivity contribution in [3.05, 3.63) is 70.6 Å². The predicted molar refractivity (Wildman–Crippen MR) is 110 cm³/mol. The van der Waals surface area contributed by atoms with Gasteiger partial charge in [-0.3, -0.25) is 0 Å². The van der Waals surface area contributed by atoms with Gasteiger partial charge in [-0.1, -0.05) is 6.08 Å². The summed E-state index contributed by atoms with van der Waals surface area (Å²) < 4.78 is 52.8. The second kappa shape index (κ2) is 9.01. The van der Waals surface area contributed by atoms with Gasteiger partial charge in [0, 0.05) is 25.9 Å². The second-order valence-electron chi connectivity index (χ2n) is 7.82. The highest BCUT2D eigenvalue weighted by molar-refractivity contribution is 6.41. The molecular weight excluding hydrogens is 380 g/mol. The molecule has 156 valence electrons. The normalized spacial score (nSPS) is 16.6. The van der Waals surface area contributed by atoms with E-state index >= 15 is 0 Å². The monoisotopic (exact) mass is 406 g/mol. The summed E-state index contributed by atoms with van der Waals surface area (Å²) in [6.07, 6.45) is 4.31. The predicted octanol–water partition coefficient (Wildman–Crippen LogP) is 4.28. The Balaban J connectivity index is 2.12. The topological polar surface area (TPSA) is 54.3 Å². The Morgan fingerprint density at radius 2 is 1.66 bits per heavy atom. The van der Waals surface area contributed by atoms with Crippen molar-refractivity contribution >= 4 is 13.2 Å². The molecule has 1 aliphatic rings. The van der Waals surface area contributed by atoms with Gasteiger partial charge in [-0.2, -0.15) is 0 Å². The Hall–Kier alpha value is -2.32. The zero-order valence-electron chi connectivity index (χ0n) is 17.3. The minimum atomic E-state index is -0.685. The van der Waals surface area contributed by atoms with Crippen LogP contribution in [0.1, 0.15) is 33.3 Å². The highest BCUT2D eigenvalue weighted by Crippen LogP contribution is 2.30. The Bertz CT molecular complexity index is 856. The van der Waals surface area contributed by atoms with Crippen LogP contribution in [0.25, 0.3) is 0 Å². The maximum Gasteiger partial charge on any atom is 0.312 e. The summed E-state index contributed by atoms with van der Waals surface area (Å²) in [5.41, 5.74) is -0.570. The number of hydrogen-bond donors (Lipinski definition) is 2. The molecule has 0 aliphatic heterocycles. The summed E-state index contributed by atoms with van der Waals surface area (Å²) >= 11 is 0. The van der Waals surface area contributed by atoms with Gasteiger partial charge >= 0.3 is 7.48 Å². The van der Waals surface area contributed by atoms with Crippen LogP contribution in [-0.4, -0.2) is 31.5 Å². The maximum atomic E-state index is 14.9. The molecule has 2 N–H and O–H groups in total. The molecular formula is C21H26BF3N2O2. The van der Waals surface area contributed by atoms with E-state index in [2.05, 4.69) is 5.32 Å². The van der Waals surface area contributed by atoms with Gasteiger partial charge in [0.25, 0.3) is 0 Å². The fraction of sp³-hybridized carbons (Fsp3) is 0.381. The molecule has 1 aromatic rings. The Labute approximate surface area is 170 Å². The van der Waals surface area contributed by atoms with Crippen LogP contribution >= 0.6 is 0 Å². The van der Waals surface area contributed by atoms with Crippen LogP contribution in [-0.2, 0) is 15.9 Å². The number of nitrogens with one attached hydrogen (secondary N) is 2. The molecule has 0 unspecified atom stereocenters. The van der Waals surface area contributed by atoms with E-state index in [0.29, 0.717) is 11.0 Å². The molecule has 0 aromatic heterocycles. The SMILES string of the molecule is COC(C)(C)C(C)(C)OBC1=C(F)/C(=C/NCc2cc(F)cc(F)c2)C(=N)C=C1. The minimum absolute atomic E-state index is 0.00184. The number of ether oxygens (including phenoxy) is 1. The molecule has 0 spiro atoms. The first kappa shape index (κ1) is 23.0. The molecule has 2 rings (SSSR count). The zero-order valence-corrected chi connectivity index (χ0v) is 17.3. The maximum absolute atomic E-state index is 14.9. The molecule has 0 saturated heterocycles. The summed E-state index contributed by atoms with van der Waals surface area (Å²) in [5, 5.41) is 10.8. The summed E-state index contributed by atoms with van der Waals surface area (Å²) in [6.45, 7) is 7.58. The van der Waals surface area contributed by atoms with Crippen molar-refractivity contribution in [3.63, 3.8) is 0 Å². The van der Waals surface area contributed by atoms with Crippen molar-refractivity contribution in [2.45, 2.75) is 45.4 Å². The molecule has 0 radical (unpaired) electrons. The fourth-order valence-electron chi connectivity index (χ4n) is 2.55. The third-order valence-corrected chi connectivity index (χ3v) is 5.28. The second-order valence-corrected chi connectivity index (χ2v) is 7.82. The van der Waals surface area contributed by atoms with Crippen LogP contribution in [0.2, 0.25) is 0 Å².